The Morgan fingerprint density at radius 1 is 1.03 bits per heavy atom. The summed E-state index contributed by atoms with van der Waals surface area (Å²) in [4.78, 5) is 44.4. The molecule has 1 aromatic heterocycles. The van der Waals surface area contributed by atoms with Crippen LogP contribution in [-0.4, -0.2) is 89.8 Å². The van der Waals surface area contributed by atoms with Crippen LogP contribution in [0.15, 0.2) is 48.7 Å². The first kappa shape index (κ1) is 27.5. The van der Waals surface area contributed by atoms with Gasteiger partial charge in [0.2, 0.25) is 5.78 Å². The molecule has 1 saturated heterocycles. The Labute approximate surface area is 222 Å². The van der Waals surface area contributed by atoms with Crippen molar-refractivity contribution in [1.29, 1.82) is 0 Å². The monoisotopic (exact) mass is 522 g/mol. The number of ketones is 1. The number of hydrogen-bond donors (Lipinski definition) is 0. The van der Waals surface area contributed by atoms with Gasteiger partial charge < -0.3 is 19.1 Å². The quantitative estimate of drug-likeness (QED) is 0.335. The number of hydrogen-bond acceptors (Lipinski definition) is 5. The van der Waals surface area contributed by atoms with Crippen LogP contribution in [0.5, 0.6) is 0 Å². The third-order valence-corrected chi connectivity index (χ3v) is 7.19. The van der Waals surface area contributed by atoms with E-state index in [2.05, 4.69) is 11.8 Å². The van der Waals surface area contributed by atoms with E-state index in [-0.39, 0.29) is 29.4 Å². The highest BCUT2D eigenvalue weighted by atomic mass is 19.1. The highest BCUT2D eigenvalue weighted by Gasteiger charge is 2.34. The second-order valence-electron chi connectivity index (χ2n) is 10.2. The molecule has 0 spiro atoms. The van der Waals surface area contributed by atoms with Gasteiger partial charge in [-0.3, -0.25) is 19.3 Å². The molecule has 0 aliphatic carbocycles. The highest BCUT2D eigenvalue weighted by Crippen LogP contribution is 2.27. The topological polar surface area (TPSA) is 75.1 Å². The van der Waals surface area contributed by atoms with E-state index in [1.165, 1.54) is 31.1 Å². The van der Waals surface area contributed by atoms with E-state index in [1.807, 2.05) is 22.6 Å². The molecule has 1 aliphatic rings. The number of halogens is 1. The summed E-state index contributed by atoms with van der Waals surface area (Å²) >= 11 is 0. The fourth-order valence-corrected chi connectivity index (χ4v) is 4.99. The van der Waals surface area contributed by atoms with Crippen LogP contribution in [0.3, 0.4) is 0 Å². The Hall–Kier alpha value is -3.56. The second-order valence-corrected chi connectivity index (χ2v) is 10.2. The number of likely N-dealkylation sites (N-methyl/N-ethyl adjacent to an activating group) is 1. The first-order valence-corrected chi connectivity index (χ1v) is 12.8. The van der Waals surface area contributed by atoms with Crippen molar-refractivity contribution in [3.63, 3.8) is 0 Å². The number of benzene rings is 2. The van der Waals surface area contributed by atoms with Gasteiger partial charge in [0.05, 0.1) is 12.2 Å². The van der Waals surface area contributed by atoms with Gasteiger partial charge in [-0.1, -0.05) is 12.1 Å². The van der Waals surface area contributed by atoms with Gasteiger partial charge in [-0.2, -0.15) is 0 Å². The number of nitrogens with zero attached hydrogens (tertiary/aromatic N) is 4. The molecule has 0 radical (unpaired) electrons. The zero-order chi connectivity index (χ0) is 27.6. The molecule has 3 aromatic rings. The van der Waals surface area contributed by atoms with Crippen LogP contribution in [0.4, 0.5) is 4.39 Å². The molecule has 202 valence electrons. The van der Waals surface area contributed by atoms with Crippen LogP contribution in [0.1, 0.15) is 40.1 Å². The van der Waals surface area contributed by atoms with E-state index in [1.54, 1.807) is 37.4 Å². The summed E-state index contributed by atoms with van der Waals surface area (Å²) in [5, 5.41) is 0.636. The number of carbonyl (C=O) groups is 3. The van der Waals surface area contributed by atoms with Crippen molar-refractivity contribution in [2.24, 2.45) is 0 Å². The van der Waals surface area contributed by atoms with Crippen molar-refractivity contribution < 1.29 is 23.5 Å². The molecular formula is C29H35FN4O4. The Balaban J connectivity index is 1.62. The summed E-state index contributed by atoms with van der Waals surface area (Å²) in [7, 11) is 4.69. The molecule has 0 saturated carbocycles. The molecule has 2 amide bonds. The zero-order valence-electron chi connectivity index (χ0n) is 22.6. The lowest BCUT2D eigenvalue weighted by Crippen LogP contribution is -2.57. The number of carbonyl (C=O) groups excluding carboxylic acids is 3. The Kier molecular flexibility index (Phi) is 8.28. The first-order valence-electron chi connectivity index (χ1n) is 12.8. The summed E-state index contributed by atoms with van der Waals surface area (Å²) in [5.74, 6) is -1.60. The predicted molar refractivity (Wildman–Crippen MR) is 144 cm³/mol. The Morgan fingerprint density at radius 2 is 1.74 bits per heavy atom. The molecule has 38 heavy (non-hydrogen) atoms. The van der Waals surface area contributed by atoms with Gasteiger partial charge in [0.25, 0.3) is 11.8 Å². The summed E-state index contributed by atoms with van der Waals surface area (Å²) in [6.07, 6.45) is 1.82. The summed E-state index contributed by atoms with van der Waals surface area (Å²) in [5.41, 5.74) is 2.57. The summed E-state index contributed by atoms with van der Waals surface area (Å²) in [6, 6.07) is 11.6. The number of fused-ring (bicyclic) bond motifs is 1. The normalized spacial score (nSPS) is 18.1. The van der Waals surface area contributed by atoms with E-state index < -0.39 is 11.7 Å². The van der Waals surface area contributed by atoms with Crippen LogP contribution < -0.4 is 0 Å². The van der Waals surface area contributed by atoms with Gasteiger partial charge in [0.1, 0.15) is 5.82 Å². The summed E-state index contributed by atoms with van der Waals surface area (Å²) < 4.78 is 20.5. The predicted octanol–water partition coefficient (Wildman–Crippen LogP) is 3.43. The lowest BCUT2D eigenvalue weighted by Gasteiger charge is -2.44. The van der Waals surface area contributed by atoms with E-state index >= 15 is 0 Å². The summed E-state index contributed by atoms with van der Waals surface area (Å²) in [6.45, 7) is 7.00. The molecule has 1 fully saturated rings. The van der Waals surface area contributed by atoms with E-state index in [0.29, 0.717) is 43.7 Å². The fourth-order valence-electron chi connectivity index (χ4n) is 4.99. The molecule has 2 unspecified atom stereocenters. The fraction of sp³-hybridized carbons (Fsp3) is 0.414. The third-order valence-electron chi connectivity index (χ3n) is 7.19. The van der Waals surface area contributed by atoms with Crippen molar-refractivity contribution in [3.05, 3.63) is 71.2 Å². The van der Waals surface area contributed by atoms with Crippen molar-refractivity contribution in [2.45, 2.75) is 39.0 Å². The molecule has 8 nitrogen and oxygen atoms in total. The first-order chi connectivity index (χ1) is 18.1. The zero-order valence-corrected chi connectivity index (χ0v) is 22.6. The van der Waals surface area contributed by atoms with Crippen LogP contribution in [-0.2, 0) is 22.6 Å². The molecule has 9 heteroatoms. The minimum atomic E-state index is -0.615. The average molecular weight is 523 g/mol. The second kappa shape index (κ2) is 11.4. The highest BCUT2D eigenvalue weighted by molar-refractivity contribution is 6.43. The number of amides is 2. The number of aromatic nitrogens is 1. The minimum Gasteiger partial charge on any atom is -0.383 e. The maximum absolute atomic E-state index is 13.9. The van der Waals surface area contributed by atoms with Gasteiger partial charge in [-0.25, -0.2) is 4.39 Å². The van der Waals surface area contributed by atoms with Crippen molar-refractivity contribution >= 4 is 28.5 Å². The maximum atomic E-state index is 13.9. The smallest absolute Gasteiger partial charge is 0.294 e. The number of rotatable bonds is 8. The van der Waals surface area contributed by atoms with Crippen molar-refractivity contribution in [1.82, 2.24) is 19.3 Å². The molecule has 2 aromatic carbocycles. The molecule has 0 bridgehead atoms. The van der Waals surface area contributed by atoms with E-state index in [0.717, 1.165) is 11.1 Å². The van der Waals surface area contributed by atoms with E-state index in [4.69, 9.17) is 4.74 Å². The van der Waals surface area contributed by atoms with Crippen LogP contribution in [0.2, 0.25) is 0 Å². The van der Waals surface area contributed by atoms with Gasteiger partial charge in [-0.15, -0.1) is 0 Å². The molecular weight excluding hydrogens is 487 g/mol. The van der Waals surface area contributed by atoms with Crippen LogP contribution in [0.25, 0.3) is 10.9 Å². The van der Waals surface area contributed by atoms with Crippen molar-refractivity contribution in [3.8, 4) is 0 Å². The van der Waals surface area contributed by atoms with Gasteiger partial charge >= 0.3 is 0 Å². The van der Waals surface area contributed by atoms with Gasteiger partial charge in [-0.05, 0) is 49.7 Å². The maximum Gasteiger partial charge on any atom is 0.294 e. The average Bonchev–Trinajstić information content (AvgIpc) is 3.27. The number of methoxy groups -OCH3 is 1. The largest absolute Gasteiger partial charge is 0.383 e. The number of piperazine rings is 1. The standard InChI is InChI=1S/C29H35FN4O4/c1-19-16-34(20(2)15-33(19)17-21-6-9-23(30)10-7-21)28(36)25-18-32(12-13-38-5)26-11-8-22(14-24(25)26)27(35)29(37)31(3)4/h6-11,14,18-20H,12-13,15-17H2,1-5H3. The van der Waals surface area contributed by atoms with Gasteiger partial charge in [0, 0.05) is 82.1 Å². The van der Waals surface area contributed by atoms with Crippen LogP contribution >= 0.6 is 0 Å². The lowest BCUT2D eigenvalue weighted by atomic mass is 10.0. The van der Waals surface area contributed by atoms with E-state index in [9.17, 15) is 18.8 Å². The number of Topliss-reactive ketones (excluding diaryl/α,β-unsaturated/α-hetero) is 1. The minimum absolute atomic E-state index is 0.0587. The van der Waals surface area contributed by atoms with Crippen LogP contribution in [0, 0.1) is 5.82 Å². The third kappa shape index (κ3) is 5.63. The molecule has 4 rings (SSSR count). The molecule has 1 aliphatic heterocycles. The Morgan fingerprint density at radius 3 is 2.39 bits per heavy atom. The lowest BCUT2D eigenvalue weighted by molar-refractivity contribution is -0.124. The molecule has 0 N–H and O–H groups in total. The molecule has 2 heterocycles. The molecule has 2 atom stereocenters. The SMILES string of the molecule is COCCn1cc(C(=O)N2CC(C)N(Cc3ccc(F)cc3)CC2C)c2cc(C(=O)C(=O)N(C)C)ccc21. The van der Waals surface area contributed by atoms with Gasteiger partial charge in [0.15, 0.2) is 0 Å². The number of ether oxygens (including phenoxy) is 1. The Bertz CT molecular complexity index is 1330. The van der Waals surface area contributed by atoms with Crippen molar-refractivity contribution in [2.75, 3.05) is 40.9 Å².